The van der Waals surface area contributed by atoms with Gasteiger partial charge in [0.15, 0.2) is 6.61 Å². The quantitative estimate of drug-likeness (QED) is 0.333. The van der Waals surface area contributed by atoms with E-state index in [4.69, 9.17) is 27.9 Å². The first-order valence-electron chi connectivity index (χ1n) is 10.8. The fourth-order valence-corrected chi connectivity index (χ4v) is 4.17. The second kappa shape index (κ2) is 12.8. The minimum Gasteiger partial charge on any atom is -0.484 e. The van der Waals surface area contributed by atoms with Gasteiger partial charge in [-0.05, 0) is 54.4 Å². The largest absolute Gasteiger partial charge is 0.484 e. The van der Waals surface area contributed by atoms with Gasteiger partial charge < -0.3 is 15.0 Å². The third kappa shape index (κ3) is 7.49. The van der Waals surface area contributed by atoms with Gasteiger partial charge in [0.1, 0.15) is 11.8 Å². The van der Waals surface area contributed by atoms with Crippen molar-refractivity contribution in [2.45, 2.75) is 25.9 Å². The molecule has 3 rings (SSSR count). The molecule has 3 aromatic rings. The Bertz CT molecular complexity index is 1110. The van der Waals surface area contributed by atoms with Crippen LogP contribution in [0, 0.1) is 0 Å². The molecule has 0 aliphatic carbocycles. The molecule has 1 atom stereocenters. The second-order valence-corrected chi connectivity index (χ2v) is 9.36. The van der Waals surface area contributed by atoms with Crippen LogP contribution < -0.4 is 10.1 Å². The summed E-state index contributed by atoms with van der Waals surface area (Å²) in [6, 6.07) is 21.1. The first-order valence-corrected chi connectivity index (χ1v) is 12.4. The number of hydrogen-bond donors (Lipinski definition) is 1. The van der Waals surface area contributed by atoms with Crippen LogP contribution in [0.2, 0.25) is 10.0 Å². The molecule has 0 radical (unpaired) electrons. The SMILES string of the molecule is CCNC(=O)[C@H](Cc1ccccc1)N(Cc1ccc(Cl)cc1Cl)C(=O)COc1ccc(Br)cc1. The van der Waals surface area contributed by atoms with E-state index >= 15 is 0 Å². The standard InChI is InChI=1S/C26H25BrCl2N2O3/c1-2-30-26(33)24(14-18-6-4-3-5-7-18)31(16-19-8-11-21(28)15-23(19)29)25(32)17-34-22-12-9-20(27)10-13-22/h3-13,15,24H,2,14,16-17H2,1H3,(H,30,33)/t24-/m0/s1. The molecule has 1 N–H and O–H groups in total. The molecule has 3 aromatic carbocycles. The molecule has 0 aromatic heterocycles. The van der Waals surface area contributed by atoms with Crippen molar-refractivity contribution in [3.8, 4) is 5.75 Å². The van der Waals surface area contributed by atoms with E-state index in [0.717, 1.165) is 10.0 Å². The number of nitrogens with zero attached hydrogens (tertiary/aromatic N) is 1. The van der Waals surface area contributed by atoms with Gasteiger partial charge in [-0.25, -0.2) is 0 Å². The zero-order chi connectivity index (χ0) is 24.5. The molecule has 0 unspecified atom stereocenters. The fraction of sp³-hybridized carbons (Fsp3) is 0.231. The molecule has 34 heavy (non-hydrogen) atoms. The van der Waals surface area contributed by atoms with Gasteiger partial charge in [-0.15, -0.1) is 0 Å². The summed E-state index contributed by atoms with van der Waals surface area (Å²) in [6.07, 6.45) is 0.349. The highest BCUT2D eigenvalue weighted by atomic mass is 79.9. The summed E-state index contributed by atoms with van der Waals surface area (Å²) in [5, 5.41) is 3.78. The molecule has 0 heterocycles. The Morgan fingerprint density at radius 3 is 2.38 bits per heavy atom. The number of amides is 2. The van der Waals surface area contributed by atoms with E-state index in [1.165, 1.54) is 4.90 Å². The Morgan fingerprint density at radius 2 is 1.74 bits per heavy atom. The van der Waals surface area contributed by atoms with Crippen LogP contribution in [0.15, 0.2) is 77.3 Å². The summed E-state index contributed by atoms with van der Waals surface area (Å²) >= 11 is 15.8. The monoisotopic (exact) mass is 562 g/mol. The van der Waals surface area contributed by atoms with Crippen LogP contribution >= 0.6 is 39.1 Å². The lowest BCUT2D eigenvalue weighted by atomic mass is 10.0. The zero-order valence-electron chi connectivity index (χ0n) is 18.6. The number of nitrogens with one attached hydrogen (secondary N) is 1. The smallest absolute Gasteiger partial charge is 0.261 e. The topological polar surface area (TPSA) is 58.6 Å². The predicted molar refractivity (Wildman–Crippen MR) is 139 cm³/mol. The van der Waals surface area contributed by atoms with Gasteiger partial charge in [0.25, 0.3) is 5.91 Å². The van der Waals surface area contributed by atoms with Gasteiger partial charge in [0, 0.05) is 34.0 Å². The summed E-state index contributed by atoms with van der Waals surface area (Å²) in [5.41, 5.74) is 1.62. The van der Waals surface area contributed by atoms with Gasteiger partial charge in [0.05, 0.1) is 0 Å². The average Bonchev–Trinajstić information content (AvgIpc) is 2.82. The third-order valence-electron chi connectivity index (χ3n) is 5.15. The minimum atomic E-state index is -0.755. The highest BCUT2D eigenvalue weighted by Crippen LogP contribution is 2.24. The van der Waals surface area contributed by atoms with Crippen molar-refractivity contribution in [1.82, 2.24) is 10.2 Å². The highest BCUT2D eigenvalue weighted by Gasteiger charge is 2.31. The normalized spacial score (nSPS) is 11.5. The van der Waals surface area contributed by atoms with Gasteiger partial charge in [0.2, 0.25) is 5.91 Å². The van der Waals surface area contributed by atoms with E-state index in [2.05, 4.69) is 21.2 Å². The Hall–Kier alpha value is -2.54. The van der Waals surface area contributed by atoms with Crippen LogP contribution in [-0.2, 0) is 22.6 Å². The molecule has 0 aliphatic rings. The lowest BCUT2D eigenvalue weighted by Crippen LogP contribution is -2.51. The molecule has 2 amide bonds. The van der Waals surface area contributed by atoms with E-state index in [0.29, 0.717) is 34.3 Å². The molecule has 178 valence electrons. The van der Waals surface area contributed by atoms with Crippen molar-refractivity contribution in [3.05, 3.63) is 98.4 Å². The highest BCUT2D eigenvalue weighted by molar-refractivity contribution is 9.10. The zero-order valence-corrected chi connectivity index (χ0v) is 21.7. The van der Waals surface area contributed by atoms with Crippen molar-refractivity contribution in [2.24, 2.45) is 0 Å². The number of rotatable bonds is 10. The molecule has 0 spiro atoms. The lowest BCUT2D eigenvalue weighted by Gasteiger charge is -2.31. The number of likely N-dealkylation sites (N-methyl/N-ethyl adjacent to an activating group) is 1. The summed E-state index contributed by atoms with van der Waals surface area (Å²) < 4.78 is 6.64. The number of halogens is 3. The van der Waals surface area contributed by atoms with E-state index in [1.807, 2.05) is 49.4 Å². The first kappa shape index (κ1) is 26.1. The molecule has 8 heteroatoms. The van der Waals surface area contributed by atoms with Crippen molar-refractivity contribution in [2.75, 3.05) is 13.2 Å². The van der Waals surface area contributed by atoms with Gasteiger partial charge in [-0.3, -0.25) is 9.59 Å². The summed E-state index contributed by atoms with van der Waals surface area (Å²) in [4.78, 5) is 28.1. The summed E-state index contributed by atoms with van der Waals surface area (Å²) in [7, 11) is 0. The van der Waals surface area contributed by atoms with Crippen LogP contribution in [0.3, 0.4) is 0 Å². The Morgan fingerprint density at radius 1 is 1.03 bits per heavy atom. The van der Waals surface area contributed by atoms with Crippen molar-refractivity contribution < 1.29 is 14.3 Å². The molecule has 5 nitrogen and oxygen atoms in total. The molecular weight excluding hydrogens is 539 g/mol. The number of hydrogen-bond acceptors (Lipinski definition) is 3. The van der Waals surface area contributed by atoms with Crippen LogP contribution in [0.25, 0.3) is 0 Å². The van der Waals surface area contributed by atoms with Gasteiger partial charge in [-0.1, -0.05) is 75.5 Å². The molecule has 0 saturated carbocycles. The van der Waals surface area contributed by atoms with Crippen molar-refractivity contribution >= 4 is 50.9 Å². The molecule has 0 saturated heterocycles. The summed E-state index contributed by atoms with van der Waals surface area (Å²) in [6.45, 7) is 2.20. The van der Waals surface area contributed by atoms with Gasteiger partial charge in [-0.2, -0.15) is 0 Å². The van der Waals surface area contributed by atoms with E-state index in [-0.39, 0.29) is 25.0 Å². The van der Waals surface area contributed by atoms with Crippen LogP contribution in [0.4, 0.5) is 0 Å². The fourth-order valence-electron chi connectivity index (χ4n) is 3.44. The van der Waals surface area contributed by atoms with Crippen LogP contribution in [0.1, 0.15) is 18.1 Å². The number of benzene rings is 3. The van der Waals surface area contributed by atoms with Gasteiger partial charge >= 0.3 is 0 Å². The van der Waals surface area contributed by atoms with Crippen LogP contribution in [0.5, 0.6) is 5.75 Å². The number of ether oxygens (including phenoxy) is 1. The van der Waals surface area contributed by atoms with Crippen molar-refractivity contribution in [1.29, 1.82) is 0 Å². The van der Waals surface area contributed by atoms with E-state index in [9.17, 15) is 9.59 Å². The molecular formula is C26H25BrCl2N2O3. The molecule has 0 bridgehead atoms. The van der Waals surface area contributed by atoms with E-state index in [1.54, 1.807) is 30.3 Å². The van der Waals surface area contributed by atoms with Crippen LogP contribution in [-0.4, -0.2) is 35.9 Å². The Labute approximate surface area is 218 Å². The van der Waals surface area contributed by atoms with E-state index < -0.39 is 6.04 Å². The summed E-state index contributed by atoms with van der Waals surface area (Å²) in [5.74, 6) is -0.0202. The third-order valence-corrected chi connectivity index (χ3v) is 6.27. The maximum Gasteiger partial charge on any atom is 0.261 e. The maximum atomic E-state index is 13.4. The molecule has 0 aliphatic heterocycles. The average molecular weight is 564 g/mol. The maximum absolute atomic E-state index is 13.4. The predicted octanol–water partition coefficient (Wildman–Crippen LogP) is 5.91. The number of carbonyl (C=O) groups is 2. The van der Waals surface area contributed by atoms with Crippen molar-refractivity contribution in [3.63, 3.8) is 0 Å². The molecule has 0 fully saturated rings. The Kier molecular flexibility index (Phi) is 9.81. The Balaban J connectivity index is 1.91. The second-order valence-electron chi connectivity index (χ2n) is 7.60. The minimum absolute atomic E-state index is 0.132. The first-order chi connectivity index (χ1) is 16.4. The lowest BCUT2D eigenvalue weighted by molar-refractivity contribution is -0.142. The number of carbonyl (C=O) groups excluding carboxylic acids is 2.